The van der Waals surface area contributed by atoms with E-state index in [9.17, 15) is 74.6 Å². The van der Waals surface area contributed by atoms with Crippen LogP contribution in [0.2, 0.25) is 0 Å². The maximum atomic E-state index is 13.7. The van der Waals surface area contributed by atoms with E-state index in [0.29, 0.717) is 0 Å². The summed E-state index contributed by atoms with van der Waals surface area (Å²) in [4.78, 5) is 0. The number of aliphatic hydroxyl groups excluding tert-OH is 1. The average molecular weight is 450 g/mol. The molecule has 1 atom stereocenters. The van der Waals surface area contributed by atoms with Gasteiger partial charge in [0, 0.05) is 0 Å². The predicted molar refractivity (Wildman–Crippen MR) is 47.5 cm³/mol. The minimum atomic E-state index is -8.99. The fraction of sp³-hybridized carbons (Fsp3) is 1.00. The second kappa shape index (κ2) is 6.13. The summed E-state index contributed by atoms with van der Waals surface area (Å²) < 4.78 is 217. The lowest BCUT2D eigenvalue weighted by atomic mass is 9.69. The third kappa shape index (κ3) is 3.06. The third-order valence-corrected chi connectivity index (χ3v) is 3.27. The van der Waals surface area contributed by atoms with Gasteiger partial charge in [-0.1, -0.05) is 0 Å². The molecule has 0 aliphatic rings. The van der Waals surface area contributed by atoms with E-state index in [1.807, 2.05) is 0 Å². The lowest BCUT2D eigenvalue weighted by molar-refractivity contribution is -0.512. The Morgan fingerprint density at radius 2 is 0.704 bits per heavy atom. The molecule has 0 heterocycles. The van der Waals surface area contributed by atoms with Gasteiger partial charge in [0.2, 0.25) is 0 Å². The fourth-order valence-electron chi connectivity index (χ4n) is 2.00. The molecule has 0 saturated carbocycles. The SMILES string of the molecule is OCC(F)(F)[C@](F)(C(F)(F)F)C(F)(F)C(C(F)(F)F)(C(F)(F)F)C(F)(F)F. The summed E-state index contributed by atoms with van der Waals surface area (Å²) in [5.74, 6) is -16.2. The van der Waals surface area contributed by atoms with Crippen molar-refractivity contribution in [2.45, 2.75) is 42.2 Å². The summed E-state index contributed by atoms with van der Waals surface area (Å²) in [7, 11) is 0. The van der Waals surface area contributed by atoms with Crippen molar-refractivity contribution in [1.29, 1.82) is 0 Å². The minimum Gasteiger partial charge on any atom is -0.390 e. The number of hydrogen-bond acceptors (Lipinski definition) is 1. The van der Waals surface area contributed by atoms with Crippen molar-refractivity contribution in [1.82, 2.24) is 0 Å². The molecule has 0 aliphatic heterocycles. The third-order valence-electron chi connectivity index (χ3n) is 3.27. The zero-order valence-corrected chi connectivity index (χ0v) is 11.6. The summed E-state index contributed by atoms with van der Waals surface area (Å²) in [5, 5.41) is 7.86. The van der Waals surface area contributed by atoms with E-state index in [4.69, 9.17) is 5.11 Å². The van der Waals surface area contributed by atoms with Crippen molar-refractivity contribution in [3.05, 3.63) is 0 Å². The molecule has 0 aromatic heterocycles. The highest BCUT2D eigenvalue weighted by Gasteiger charge is 3.02. The van der Waals surface area contributed by atoms with Crippen LogP contribution in [0.25, 0.3) is 0 Å². The lowest BCUT2D eigenvalue weighted by Crippen LogP contribution is -2.80. The Morgan fingerprint density at radius 3 is 0.852 bits per heavy atom. The van der Waals surface area contributed by atoms with Gasteiger partial charge in [-0.2, -0.15) is 61.5 Å². The van der Waals surface area contributed by atoms with Crippen molar-refractivity contribution in [3.63, 3.8) is 0 Å². The normalized spacial score (nSPS) is 18.4. The van der Waals surface area contributed by atoms with Crippen LogP contribution in [-0.2, 0) is 0 Å². The summed E-state index contributed by atoms with van der Waals surface area (Å²) in [5.41, 5.74) is -17.4. The second-order valence-electron chi connectivity index (χ2n) is 4.84. The van der Waals surface area contributed by atoms with Crippen molar-refractivity contribution in [3.8, 4) is 0 Å². The molecule has 0 rings (SSSR count). The molecule has 164 valence electrons. The first kappa shape index (κ1) is 25.8. The highest BCUT2D eigenvalue weighted by atomic mass is 19.4. The molecule has 27 heavy (non-hydrogen) atoms. The highest BCUT2D eigenvalue weighted by Crippen LogP contribution is 2.72. The standard InChI is InChI=1S/C9H3F17O/c10-2(11,1-27)4(12,9(24,25)26)5(13,14)3(6(15,16)17,7(18,19)20)8(21,22)23/h27H,1H2/t4-/m1/s1. The van der Waals surface area contributed by atoms with Crippen LogP contribution in [-0.4, -0.2) is 53.9 Å². The first-order valence-electron chi connectivity index (χ1n) is 5.63. The molecule has 0 spiro atoms. The molecule has 0 amide bonds. The molecule has 0 radical (unpaired) electrons. The Bertz CT molecular complexity index is 497. The molecule has 0 aromatic carbocycles. The molecule has 0 unspecified atom stereocenters. The topological polar surface area (TPSA) is 20.2 Å². The van der Waals surface area contributed by atoms with Crippen LogP contribution in [0.3, 0.4) is 0 Å². The van der Waals surface area contributed by atoms with E-state index in [2.05, 4.69) is 0 Å². The van der Waals surface area contributed by atoms with Gasteiger partial charge in [0.15, 0.2) is 0 Å². The van der Waals surface area contributed by atoms with Crippen LogP contribution in [0.1, 0.15) is 0 Å². The summed E-state index contributed by atoms with van der Waals surface area (Å²) in [6, 6.07) is 0. The molecule has 0 fully saturated rings. The van der Waals surface area contributed by atoms with Crippen LogP contribution in [0.4, 0.5) is 74.6 Å². The molecule has 0 aliphatic carbocycles. The quantitative estimate of drug-likeness (QED) is 0.585. The maximum absolute atomic E-state index is 13.7. The van der Waals surface area contributed by atoms with Crippen LogP contribution in [0.15, 0.2) is 0 Å². The monoisotopic (exact) mass is 450 g/mol. The summed E-state index contributed by atoms with van der Waals surface area (Å²) in [6.07, 6.45) is -33.6. The van der Waals surface area contributed by atoms with Crippen LogP contribution in [0, 0.1) is 5.41 Å². The van der Waals surface area contributed by atoms with Gasteiger partial charge in [0.05, 0.1) is 0 Å². The van der Waals surface area contributed by atoms with Crippen molar-refractivity contribution in [2.75, 3.05) is 6.61 Å². The van der Waals surface area contributed by atoms with Gasteiger partial charge in [-0.15, -0.1) is 0 Å². The highest BCUT2D eigenvalue weighted by molar-refractivity contribution is 5.21. The first-order chi connectivity index (χ1) is 11.3. The Balaban J connectivity index is 7.69. The number of halogens is 17. The van der Waals surface area contributed by atoms with E-state index in [1.54, 1.807) is 0 Å². The molecule has 0 aromatic rings. The van der Waals surface area contributed by atoms with Crippen LogP contribution < -0.4 is 0 Å². The number of hydrogen-bond donors (Lipinski definition) is 1. The second-order valence-corrected chi connectivity index (χ2v) is 4.84. The van der Waals surface area contributed by atoms with Crippen LogP contribution >= 0.6 is 0 Å². The van der Waals surface area contributed by atoms with E-state index in [-0.39, 0.29) is 0 Å². The van der Waals surface area contributed by atoms with Crippen LogP contribution in [0.5, 0.6) is 0 Å². The molecule has 0 bridgehead atoms. The lowest BCUT2D eigenvalue weighted by Gasteiger charge is -2.49. The summed E-state index contributed by atoms with van der Waals surface area (Å²) in [6.45, 7) is -3.82. The average Bonchev–Trinajstić information content (AvgIpc) is 2.30. The van der Waals surface area contributed by atoms with Crippen molar-refractivity contribution >= 4 is 0 Å². The van der Waals surface area contributed by atoms with Crippen molar-refractivity contribution in [2.24, 2.45) is 5.41 Å². The van der Waals surface area contributed by atoms with Gasteiger partial charge in [-0.25, -0.2) is 13.2 Å². The molecule has 0 saturated heterocycles. The number of aliphatic hydroxyl groups is 1. The smallest absolute Gasteiger partial charge is 0.390 e. The Kier molecular flexibility index (Phi) is 5.85. The Morgan fingerprint density at radius 1 is 0.444 bits per heavy atom. The molecule has 1 nitrogen and oxygen atoms in total. The molecule has 1 N–H and O–H groups in total. The van der Waals surface area contributed by atoms with Crippen molar-refractivity contribution < 1.29 is 79.7 Å². The van der Waals surface area contributed by atoms with Gasteiger partial charge >= 0.3 is 47.6 Å². The minimum absolute atomic E-state index is 3.82. The number of rotatable bonds is 4. The number of alkyl halides is 17. The van der Waals surface area contributed by atoms with Gasteiger partial charge in [0.25, 0.3) is 0 Å². The molecular weight excluding hydrogens is 447 g/mol. The van der Waals surface area contributed by atoms with Gasteiger partial charge in [-0.3, -0.25) is 0 Å². The Hall–Kier alpha value is -1.23. The van der Waals surface area contributed by atoms with Gasteiger partial charge in [-0.05, 0) is 0 Å². The maximum Gasteiger partial charge on any atom is 0.434 e. The predicted octanol–water partition coefficient (Wildman–Crippen LogP) is 5.19. The first-order valence-corrected chi connectivity index (χ1v) is 5.63. The zero-order chi connectivity index (χ0) is 22.7. The largest absolute Gasteiger partial charge is 0.434 e. The Labute approximate surface area is 135 Å². The van der Waals surface area contributed by atoms with Gasteiger partial charge in [0.1, 0.15) is 6.61 Å². The summed E-state index contributed by atoms with van der Waals surface area (Å²) >= 11 is 0. The van der Waals surface area contributed by atoms with E-state index in [0.717, 1.165) is 0 Å². The van der Waals surface area contributed by atoms with E-state index < -0.39 is 54.2 Å². The zero-order valence-electron chi connectivity index (χ0n) is 11.6. The molecule has 18 heteroatoms. The van der Waals surface area contributed by atoms with Gasteiger partial charge < -0.3 is 5.11 Å². The van der Waals surface area contributed by atoms with E-state index in [1.165, 1.54) is 0 Å². The molecular formula is C9H3F17O. The fourth-order valence-corrected chi connectivity index (χ4v) is 2.00. The van der Waals surface area contributed by atoms with E-state index >= 15 is 0 Å².